The molecule has 0 bridgehead atoms. The molecule has 0 heterocycles. The number of hydrogen-bond donors (Lipinski definition) is 2. The average molecular weight is 353 g/mol. The van der Waals surface area contributed by atoms with Crippen LogP contribution in [0.2, 0.25) is 0 Å². The smallest absolute Gasteiger partial charge is 0.137 e. The van der Waals surface area contributed by atoms with E-state index < -0.39 is 0 Å². The van der Waals surface area contributed by atoms with Crippen molar-refractivity contribution in [3.05, 3.63) is 64.4 Å². The van der Waals surface area contributed by atoms with Crippen molar-refractivity contribution in [2.24, 2.45) is 5.84 Å². The molecule has 0 saturated carbocycles. The quantitative estimate of drug-likeness (QED) is 0.592. The normalized spacial score (nSPS) is 12.1. The lowest BCUT2D eigenvalue weighted by molar-refractivity contribution is 0.285. The Labute approximate surface area is 132 Å². The van der Waals surface area contributed by atoms with Crippen LogP contribution in [0.5, 0.6) is 5.75 Å². The topological polar surface area (TPSA) is 47.3 Å². The summed E-state index contributed by atoms with van der Waals surface area (Å²) in [5.41, 5.74) is 3.65. The van der Waals surface area contributed by atoms with Gasteiger partial charge in [0.15, 0.2) is 0 Å². The number of nitrogens with two attached hydrogens (primary N) is 1. The molecular formula is C16H18BrFN2O. The lowest BCUT2D eigenvalue weighted by atomic mass is 10.0. The SMILES string of the molecule is NNC(CCOc1ccccc1)Cc1cccc(F)c1Br. The molecule has 1 atom stereocenters. The molecule has 5 heteroatoms. The lowest BCUT2D eigenvalue weighted by Crippen LogP contribution is -2.38. The fourth-order valence-electron chi connectivity index (χ4n) is 2.05. The fourth-order valence-corrected chi connectivity index (χ4v) is 2.48. The number of para-hydroxylation sites is 1. The Balaban J connectivity index is 1.87. The van der Waals surface area contributed by atoms with Crippen molar-refractivity contribution in [2.75, 3.05) is 6.61 Å². The van der Waals surface area contributed by atoms with E-state index in [0.717, 1.165) is 17.7 Å². The van der Waals surface area contributed by atoms with Gasteiger partial charge in [0, 0.05) is 6.04 Å². The largest absolute Gasteiger partial charge is 0.494 e. The van der Waals surface area contributed by atoms with Gasteiger partial charge in [0.05, 0.1) is 11.1 Å². The fraction of sp³-hybridized carbons (Fsp3) is 0.250. The zero-order chi connectivity index (χ0) is 15.1. The van der Waals surface area contributed by atoms with Crippen LogP contribution in [0.4, 0.5) is 4.39 Å². The number of benzene rings is 2. The van der Waals surface area contributed by atoms with Gasteiger partial charge in [0.2, 0.25) is 0 Å². The van der Waals surface area contributed by atoms with Gasteiger partial charge in [-0.25, -0.2) is 4.39 Å². The van der Waals surface area contributed by atoms with Gasteiger partial charge in [-0.15, -0.1) is 0 Å². The van der Waals surface area contributed by atoms with Gasteiger partial charge in [-0.3, -0.25) is 11.3 Å². The van der Waals surface area contributed by atoms with Crippen LogP contribution < -0.4 is 16.0 Å². The van der Waals surface area contributed by atoms with Gasteiger partial charge < -0.3 is 4.74 Å². The third kappa shape index (κ3) is 4.81. The first kappa shape index (κ1) is 15.9. The van der Waals surface area contributed by atoms with Crippen molar-refractivity contribution in [3.8, 4) is 5.75 Å². The average Bonchev–Trinajstić information content (AvgIpc) is 2.51. The molecule has 0 aliphatic heterocycles. The molecule has 0 radical (unpaired) electrons. The maximum absolute atomic E-state index is 13.5. The third-order valence-electron chi connectivity index (χ3n) is 3.21. The van der Waals surface area contributed by atoms with Crippen molar-refractivity contribution in [3.63, 3.8) is 0 Å². The first-order valence-electron chi connectivity index (χ1n) is 6.77. The molecule has 2 rings (SSSR count). The van der Waals surface area contributed by atoms with Crippen molar-refractivity contribution < 1.29 is 9.13 Å². The maximum atomic E-state index is 13.5. The van der Waals surface area contributed by atoms with E-state index in [1.165, 1.54) is 6.07 Å². The summed E-state index contributed by atoms with van der Waals surface area (Å²) >= 11 is 3.27. The zero-order valence-electron chi connectivity index (χ0n) is 11.6. The van der Waals surface area contributed by atoms with E-state index >= 15 is 0 Å². The molecule has 0 amide bonds. The molecule has 1 unspecified atom stereocenters. The summed E-state index contributed by atoms with van der Waals surface area (Å²) in [7, 11) is 0. The Hall–Kier alpha value is -1.43. The Morgan fingerprint density at radius 2 is 1.90 bits per heavy atom. The van der Waals surface area contributed by atoms with Crippen LogP contribution in [0.3, 0.4) is 0 Å². The van der Waals surface area contributed by atoms with Crippen LogP contribution >= 0.6 is 15.9 Å². The van der Waals surface area contributed by atoms with E-state index in [-0.39, 0.29) is 11.9 Å². The molecule has 0 aliphatic carbocycles. The second kappa shape index (κ2) is 8.12. The van der Waals surface area contributed by atoms with E-state index in [4.69, 9.17) is 10.6 Å². The van der Waals surface area contributed by atoms with Gasteiger partial charge >= 0.3 is 0 Å². The molecular weight excluding hydrogens is 335 g/mol. The Kier molecular flexibility index (Phi) is 6.17. The summed E-state index contributed by atoms with van der Waals surface area (Å²) in [4.78, 5) is 0. The predicted molar refractivity (Wildman–Crippen MR) is 85.5 cm³/mol. The minimum Gasteiger partial charge on any atom is -0.494 e. The van der Waals surface area contributed by atoms with Crippen LogP contribution in [-0.4, -0.2) is 12.6 Å². The van der Waals surface area contributed by atoms with Gasteiger partial charge in [0.1, 0.15) is 11.6 Å². The molecule has 0 aromatic heterocycles. The Morgan fingerprint density at radius 1 is 1.14 bits per heavy atom. The Bertz CT molecular complexity index is 565. The van der Waals surface area contributed by atoms with Crippen LogP contribution in [-0.2, 0) is 6.42 Å². The molecule has 0 saturated heterocycles. The summed E-state index contributed by atoms with van der Waals surface area (Å²) in [5, 5.41) is 0. The highest BCUT2D eigenvalue weighted by atomic mass is 79.9. The van der Waals surface area contributed by atoms with Gasteiger partial charge in [-0.1, -0.05) is 30.3 Å². The Morgan fingerprint density at radius 3 is 2.62 bits per heavy atom. The molecule has 21 heavy (non-hydrogen) atoms. The van der Waals surface area contributed by atoms with Crippen LogP contribution in [0.1, 0.15) is 12.0 Å². The molecule has 3 N–H and O–H groups in total. The standard InChI is InChI=1S/C16H18BrFN2O/c17-16-12(5-4-8-15(16)18)11-13(20-19)9-10-21-14-6-2-1-3-7-14/h1-8,13,20H,9-11,19H2. The van der Waals surface area contributed by atoms with E-state index in [0.29, 0.717) is 17.5 Å². The van der Waals surface area contributed by atoms with Gasteiger partial charge in [0.25, 0.3) is 0 Å². The maximum Gasteiger partial charge on any atom is 0.137 e. The highest BCUT2D eigenvalue weighted by molar-refractivity contribution is 9.10. The highest BCUT2D eigenvalue weighted by Gasteiger charge is 2.12. The molecule has 0 aliphatic rings. The van der Waals surface area contributed by atoms with Crippen molar-refractivity contribution in [1.82, 2.24) is 5.43 Å². The molecule has 3 nitrogen and oxygen atoms in total. The van der Waals surface area contributed by atoms with E-state index in [2.05, 4.69) is 21.4 Å². The number of nitrogens with one attached hydrogen (secondary N) is 1. The molecule has 0 spiro atoms. The summed E-state index contributed by atoms with van der Waals surface area (Å²) in [6, 6.07) is 14.7. The molecule has 112 valence electrons. The van der Waals surface area contributed by atoms with E-state index in [1.54, 1.807) is 6.07 Å². The third-order valence-corrected chi connectivity index (χ3v) is 4.10. The summed E-state index contributed by atoms with van der Waals surface area (Å²) in [6.07, 6.45) is 1.36. The van der Waals surface area contributed by atoms with Gasteiger partial charge in [-0.05, 0) is 52.5 Å². The van der Waals surface area contributed by atoms with E-state index in [9.17, 15) is 4.39 Å². The summed E-state index contributed by atoms with van der Waals surface area (Å²) < 4.78 is 19.6. The van der Waals surface area contributed by atoms with Crippen LogP contribution in [0.15, 0.2) is 53.0 Å². The minimum atomic E-state index is -0.260. The minimum absolute atomic E-state index is 0.0202. The molecule has 2 aromatic rings. The van der Waals surface area contributed by atoms with Crippen molar-refractivity contribution >= 4 is 15.9 Å². The van der Waals surface area contributed by atoms with Crippen molar-refractivity contribution in [2.45, 2.75) is 18.9 Å². The molecule has 2 aromatic carbocycles. The first-order valence-corrected chi connectivity index (χ1v) is 7.57. The first-order chi connectivity index (χ1) is 10.2. The highest BCUT2D eigenvalue weighted by Crippen LogP contribution is 2.22. The van der Waals surface area contributed by atoms with Crippen LogP contribution in [0.25, 0.3) is 0 Å². The van der Waals surface area contributed by atoms with Crippen molar-refractivity contribution in [1.29, 1.82) is 0 Å². The second-order valence-corrected chi connectivity index (χ2v) is 5.52. The number of ether oxygens (including phenoxy) is 1. The van der Waals surface area contributed by atoms with Crippen LogP contribution in [0, 0.1) is 5.82 Å². The number of hydrogen-bond acceptors (Lipinski definition) is 3. The second-order valence-electron chi connectivity index (χ2n) is 4.73. The number of hydrazine groups is 1. The summed E-state index contributed by atoms with van der Waals surface area (Å²) in [5.74, 6) is 6.15. The monoisotopic (exact) mass is 352 g/mol. The number of halogens is 2. The molecule has 0 fully saturated rings. The zero-order valence-corrected chi connectivity index (χ0v) is 13.1. The summed E-state index contributed by atoms with van der Waals surface area (Å²) in [6.45, 7) is 0.547. The predicted octanol–water partition coefficient (Wildman–Crippen LogP) is 3.43. The van der Waals surface area contributed by atoms with Gasteiger partial charge in [-0.2, -0.15) is 0 Å². The lowest BCUT2D eigenvalue weighted by Gasteiger charge is -2.17. The number of rotatable bonds is 7. The van der Waals surface area contributed by atoms with E-state index in [1.807, 2.05) is 36.4 Å².